The number of nitrogens with two attached hydrogens (primary N) is 1. The normalized spacial score (nSPS) is 16.1. The maximum absolute atomic E-state index is 14.6. The second kappa shape index (κ2) is 8.82. The number of carboxylic acids is 1. The molecule has 4 rings (SSSR count). The Kier molecular flexibility index (Phi) is 5.91. The predicted molar refractivity (Wildman–Crippen MR) is 122 cm³/mol. The summed E-state index contributed by atoms with van der Waals surface area (Å²) in [5.41, 5.74) is 9.88. The van der Waals surface area contributed by atoms with Crippen molar-refractivity contribution >= 4 is 23.2 Å². The lowest BCUT2D eigenvalue weighted by atomic mass is 9.98. The third kappa shape index (κ3) is 4.45. The van der Waals surface area contributed by atoms with E-state index in [2.05, 4.69) is 9.98 Å². The molecule has 0 aliphatic carbocycles. The molecule has 3 N–H and O–H groups in total. The predicted octanol–water partition coefficient (Wildman–Crippen LogP) is 4.13. The Labute approximate surface area is 189 Å². The Bertz CT molecular complexity index is 1270. The molecular formula is C25H22F2N4O2. The monoisotopic (exact) mass is 448 g/mol. The fraction of sp³-hybridized carbons (Fsp3) is 0.160. The summed E-state index contributed by atoms with van der Waals surface area (Å²) in [6, 6.07) is 14.1. The number of halogens is 2. The SMILES string of the molecule is Cc1cc(C2=C(c3ccc(F)cc3)N=C(N)C(C(=O)O)N2Cc2ccccc2F)cc(C)n1. The summed E-state index contributed by atoms with van der Waals surface area (Å²) < 4.78 is 28.2. The summed E-state index contributed by atoms with van der Waals surface area (Å²) in [4.78, 5) is 22.6. The lowest BCUT2D eigenvalue weighted by molar-refractivity contribution is -0.139. The van der Waals surface area contributed by atoms with Gasteiger partial charge in [0.1, 0.15) is 17.5 Å². The van der Waals surface area contributed by atoms with Gasteiger partial charge in [-0.3, -0.25) is 4.98 Å². The summed E-state index contributed by atoms with van der Waals surface area (Å²) in [7, 11) is 0. The number of aliphatic imine (C=N–C) groups is 1. The van der Waals surface area contributed by atoms with Crippen LogP contribution in [0.3, 0.4) is 0 Å². The first kappa shape index (κ1) is 22.1. The van der Waals surface area contributed by atoms with Crippen molar-refractivity contribution in [3.05, 3.63) is 100 Å². The number of carbonyl (C=O) groups is 1. The van der Waals surface area contributed by atoms with Gasteiger partial charge in [-0.05, 0) is 56.3 Å². The smallest absolute Gasteiger partial charge is 0.334 e. The number of aryl methyl sites for hydroxylation is 2. The molecule has 33 heavy (non-hydrogen) atoms. The molecule has 168 valence electrons. The molecule has 8 heteroatoms. The number of rotatable bonds is 5. The van der Waals surface area contributed by atoms with Crippen molar-refractivity contribution in [1.82, 2.24) is 9.88 Å². The molecule has 1 unspecified atom stereocenters. The lowest BCUT2D eigenvalue weighted by Gasteiger charge is -2.37. The van der Waals surface area contributed by atoms with Gasteiger partial charge in [0, 0.05) is 34.6 Å². The van der Waals surface area contributed by atoms with Crippen LogP contribution in [0, 0.1) is 25.5 Å². The molecule has 1 aliphatic rings. The van der Waals surface area contributed by atoms with Gasteiger partial charge in [-0.15, -0.1) is 0 Å². The van der Waals surface area contributed by atoms with Gasteiger partial charge < -0.3 is 15.7 Å². The van der Waals surface area contributed by atoms with E-state index in [1.54, 1.807) is 42.5 Å². The van der Waals surface area contributed by atoms with Gasteiger partial charge in [0.15, 0.2) is 6.04 Å². The fourth-order valence-corrected chi connectivity index (χ4v) is 3.99. The van der Waals surface area contributed by atoms with Crippen LogP contribution in [0.2, 0.25) is 0 Å². The minimum Gasteiger partial charge on any atom is -0.479 e. The maximum Gasteiger partial charge on any atom is 0.334 e. The Morgan fingerprint density at radius 1 is 1.03 bits per heavy atom. The van der Waals surface area contributed by atoms with Gasteiger partial charge in [0.2, 0.25) is 0 Å². The Morgan fingerprint density at radius 3 is 2.27 bits per heavy atom. The molecule has 1 atom stereocenters. The number of carboxylic acid groups (broad SMARTS) is 1. The maximum atomic E-state index is 14.6. The van der Waals surface area contributed by atoms with Crippen LogP contribution in [0.5, 0.6) is 0 Å². The van der Waals surface area contributed by atoms with Crippen molar-refractivity contribution < 1.29 is 18.7 Å². The fourth-order valence-electron chi connectivity index (χ4n) is 3.99. The zero-order valence-corrected chi connectivity index (χ0v) is 18.1. The van der Waals surface area contributed by atoms with Gasteiger partial charge in [0.05, 0.1) is 11.4 Å². The minimum atomic E-state index is -1.32. The van der Waals surface area contributed by atoms with Crippen molar-refractivity contribution in [1.29, 1.82) is 0 Å². The number of aromatic nitrogens is 1. The van der Waals surface area contributed by atoms with Crippen molar-refractivity contribution in [3.63, 3.8) is 0 Å². The van der Waals surface area contributed by atoms with Crippen LogP contribution in [0.15, 0.2) is 65.7 Å². The molecule has 2 aromatic carbocycles. The quantitative estimate of drug-likeness (QED) is 0.613. The zero-order valence-electron chi connectivity index (χ0n) is 18.1. The molecule has 0 saturated heterocycles. The summed E-state index contributed by atoms with van der Waals surface area (Å²) in [5.74, 6) is -2.25. The van der Waals surface area contributed by atoms with Crippen molar-refractivity contribution in [2.75, 3.05) is 0 Å². The standard InChI is InChI=1S/C25H22F2N4O2/c1-14-11-18(12-15(2)29-14)22-21(16-7-9-19(26)10-8-16)30-24(28)23(25(32)33)31(22)13-17-5-3-4-6-20(17)27/h3-12,23H,13H2,1-2H3,(H2,28,30)(H,32,33). The van der Waals surface area contributed by atoms with E-state index in [-0.39, 0.29) is 12.4 Å². The summed E-state index contributed by atoms with van der Waals surface area (Å²) in [5, 5.41) is 10.0. The third-order valence-corrected chi connectivity index (χ3v) is 5.35. The van der Waals surface area contributed by atoms with E-state index >= 15 is 0 Å². The Morgan fingerprint density at radius 2 is 1.67 bits per heavy atom. The second-order valence-electron chi connectivity index (χ2n) is 7.84. The molecule has 1 aromatic heterocycles. The molecule has 0 fully saturated rings. The highest BCUT2D eigenvalue weighted by Crippen LogP contribution is 2.37. The van der Waals surface area contributed by atoms with Gasteiger partial charge in [0.25, 0.3) is 0 Å². The van der Waals surface area contributed by atoms with Crippen molar-refractivity contribution in [3.8, 4) is 0 Å². The number of hydrogen-bond donors (Lipinski definition) is 2. The van der Waals surface area contributed by atoms with E-state index in [4.69, 9.17) is 5.73 Å². The molecule has 6 nitrogen and oxygen atoms in total. The van der Waals surface area contributed by atoms with Crippen LogP contribution in [0.25, 0.3) is 11.4 Å². The van der Waals surface area contributed by atoms with E-state index in [0.717, 1.165) is 11.4 Å². The molecule has 0 saturated carbocycles. The highest BCUT2D eigenvalue weighted by molar-refractivity contribution is 6.11. The summed E-state index contributed by atoms with van der Waals surface area (Å²) in [6.07, 6.45) is 0. The lowest BCUT2D eigenvalue weighted by Crippen LogP contribution is -2.50. The number of aliphatic carboxylic acids is 1. The van der Waals surface area contributed by atoms with Crippen LogP contribution in [0.1, 0.15) is 28.1 Å². The van der Waals surface area contributed by atoms with Crippen LogP contribution >= 0.6 is 0 Å². The van der Waals surface area contributed by atoms with Crippen LogP contribution in [0.4, 0.5) is 8.78 Å². The van der Waals surface area contributed by atoms with E-state index in [1.165, 1.54) is 23.1 Å². The first-order valence-electron chi connectivity index (χ1n) is 10.3. The second-order valence-corrected chi connectivity index (χ2v) is 7.84. The summed E-state index contributed by atoms with van der Waals surface area (Å²) >= 11 is 0. The molecule has 0 amide bonds. The molecule has 0 radical (unpaired) electrons. The number of nitrogens with zero attached hydrogens (tertiary/aromatic N) is 3. The van der Waals surface area contributed by atoms with Crippen molar-refractivity contribution in [2.24, 2.45) is 10.7 Å². The Balaban J connectivity index is 2.01. The highest BCUT2D eigenvalue weighted by atomic mass is 19.1. The first-order chi connectivity index (χ1) is 15.7. The zero-order chi connectivity index (χ0) is 23.7. The minimum absolute atomic E-state index is 0.0691. The number of pyridine rings is 1. The van der Waals surface area contributed by atoms with Crippen LogP contribution < -0.4 is 5.73 Å². The molecule has 0 bridgehead atoms. The largest absolute Gasteiger partial charge is 0.479 e. The molecule has 3 aromatic rings. The van der Waals surface area contributed by atoms with E-state index in [9.17, 15) is 18.7 Å². The van der Waals surface area contributed by atoms with Crippen molar-refractivity contribution in [2.45, 2.75) is 26.4 Å². The van der Waals surface area contributed by atoms with Gasteiger partial charge in [-0.2, -0.15) is 0 Å². The van der Waals surface area contributed by atoms with E-state index < -0.39 is 23.6 Å². The Hall–Kier alpha value is -4.07. The topological polar surface area (TPSA) is 91.8 Å². The molecule has 1 aliphatic heterocycles. The third-order valence-electron chi connectivity index (χ3n) is 5.35. The van der Waals surface area contributed by atoms with Gasteiger partial charge in [-0.25, -0.2) is 18.6 Å². The first-order valence-corrected chi connectivity index (χ1v) is 10.3. The van der Waals surface area contributed by atoms with E-state index in [1.807, 2.05) is 13.8 Å². The molecule has 2 heterocycles. The number of amidine groups is 1. The highest BCUT2D eigenvalue weighted by Gasteiger charge is 2.37. The van der Waals surface area contributed by atoms with Crippen LogP contribution in [-0.2, 0) is 11.3 Å². The van der Waals surface area contributed by atoms with Gasteiger partial charge >= 0.3 is 5.97 Å². The average molecular weight is 448 g/mol. The molecular weight excluding hydrogens is 426 g/mol. The van der Waals surface area contributed by atoms with Crippen LogP contribution in [-0.4, -0.2) is 32.8 Å². The number of benzene rings is 2. The van der Waals surface area contributed by atoms with Gasteiger partial charge in [-0.1, -0.05) is 18.2 Å². The van der Waals surface area contributed by atoms with E-state index in [0.29, 0.717) is 28.1 Å². The number of hydrogen-bond acceptors (Lipinski definition) is 5. The summed E-state index contributed by atoms with van der Waals surface area (Å²) in [6.45, 7) is 3.58. The molecule has 0 spiro atoms. The average Bonchev–Trinajstić information content (AvgIpc) is 2.74.